The molecule has 4 amide bonds. The van der Waals surface area contributed by atoms with Crippen LogP contribution in [0.2, 0.25) is 5.02 Å². The monoisotopic (exact) mass is 740 g/mol. The number of amides is 4. The summed E-state index contributed by atoms with van der Waals surface area (Å²) in [5, 5.41) is 11.0. The number of halogens is 7. The number of benzene rings is 1. The minimum Gasteiger partial charge on any atom is -0.463 e. The molecule has 0 unspecified atom stereocenters. The van der Waals surface area contributed by atoms with Gasteiger partial charge in [0.1, 0.15) is 29.6 Å². The summed E-state index contributed by atoms with van der Waals surface area (Å²) >= 11 is 20.7. The minimum absolute atomic E-state index is 0.0136. The van der Waals surface area contributed by atoms with Gasteiger partial charge in [0.25, 0.3) is 23.6 Å². The van der Waals surface area contributed by atoms with Crippen molar-refractivity contribution in [1.82, 2.24) is 9.99 Å². The van der Waals surface area contributed by atoms with Crippen LogP contribution in [0.5, 0.6) is 0 Å². The molecule has 7 rings (SSSR count). The van der Waals surface area contributed by atoms with Crippen molar-refractivity contribution in [3.63, 3.8) is 0 Å². The van der Waals surface area contributed by atoms with Crippen LogP contribution in [-0.2, 0) is 32.0 Å². The predicted octanol–water partition coefficient (Wildman–Crippen LogP) is 5.59. The summed E-state index contributed by atoms with van der Waals surface area (Å²) < 4.78 is 60.2. The van der Waals surface area contributed by atoms with Gasteiger partial charge in [0.05, 0.1) is 28.5 Å². The molecule has 0 bridgehead atoms. The number of carbonyl (C=O) groups excluding carboxylic acids is 4. The first kappa shape index (κ1) is 33.5. The Morgan fingerprint density at radius 2 is 1.69 bits per heavy atom. The highest BCUT2D eigenvalue weighted by Gasteiger charge is 2.77. The average molecular weight is 742 g/mol. The zero-order valence-corrected chi connectivity index (χ0v) is 27.3. The molecule has 49 heavy (non-hydrogen) atoms. The quantitative estimate of drug-likeness (QED) is 0.155. The second kappa shape index (κ2) is 11.3. The van der Waals surface area contributed by atoms with E-state index in [0.29, 0.717) is 16.6 Å². The van der Waals surface area contributed by atoms with Gasteiger partial charge >= 0.3 is 6.18 Å². The largest absolute Gasteiger partial charge is 0.463 e. The van der Waals surface area contributed by atoms with Crippen LogP contribution in [0.4, 0.5) is 29.1 Å². The van der Waals surface area contributed by atoms with E-state index in [2.05, 4.69) is 4.98 Å². The zero-order chi connectivity index (χ0) is 35.4. The van der Waals surface area contributed by atoms with E-state index in [1.807, 2.05) is 0 Å². The summed E-state index contributed by atoms with van der Waals surface area (Å²) in [5.74, 6) is -8.98. The summed E-state index contributed by atoms with van der Waals surface area (Å²) in [5.41, 5.74) is -0.942. The summed E-state index contributed by atoms with van der Waals surface area (Å²) in [4.78, 5) is 56.5. The van der Waals surface area contributed by atoms with Gasteiger partial charge in [0, 0.05) is 7.05 Å². The highest BCUT2D eigenvalue weighted by molar-refractivity contribution is 6.58. The van der Waals surface area contributed by atoms with Crippen LogP contribution in [0.1, 0.15) is 36.0 Å². The van der Waals surface area contributed by atoms with Crippen molar-refractivity contribution in [1.29, 1.82) is 0 Å². The van der Waals surface area contributed by atoms with Crippen LogP contribution >= 0.6 is 34.8 Å². The van der Waals surface area contributed by atoms with Gasteiger partial charge in [-0.1, -0.05) is 23.3 Å². The second-order valence-corrected chi connectivity index (χ2v) is 13.9. The number of aliphatic hydroxyl groups excluding tert-OH is 1. The number of alkyl halides is 5. The van der Waals surface area contributed by atoms with Crippen LogP contribution in [-0.4, -0.2) is 55.5 Å². The molecule has 4 aliphatic rings. The lowest BCUT2D eigenvalue weighted by atomic mass is 9.57. The van der Waals surface area contributed by atoms with Crippen molar-refractivity contribution in [3.8, 4) is 0 Å². The fourth-order valence-electron chi connectivity index (χ4n) is 7.54. The summed E-state index contributed by atoms with van der Waals surface area (Å²) in [6.07, 6.45) is -3.68. The molecule has 3 aromatic rings. The van der Waals surface area contributed by atoms with E-state index >= 15 is 0 Å². The third-order valence-electron chi connectivity index (χ3n) is 9.72. The maximum Gasteiger partial charge on any atom is 0.433 e. The number of aliphatic hydroxyl groups is 1. The first-order valence-electron chi connectivity index (χ1n) is 14.8. The molecule has 4 heterocycles. The Hall–Kier alpha value is -3.98. The molecule has 2 aliphatic carbocycles. The van der Waals surface area contributed by atoms with Crippen LogP contribution in [0.15, 0.2) is 64.6 Å². The van der Waals surface area contributed by atoms with Gasteiger partial charge < -0.3 is 9.52 Å². The highest BCUT2D eigenvalue weighted by Crippen LogP contribution is 2.66. The summed E-state index contributed by atoms with van der Waals surface area (Å²) in [6, 6.07) is 9.00. The van der Waals surface area contributed by atoms with Gasteiger partial charge in [0.15, 0.2) is 15.6 Å². The molecule has 3 fully saturated rings. The van der Waals surface area contributed by atoms with Crippen LogP contribution in [0.25, 0.3) is 0 Å². The maximum absolute atomic E-state index is 14.3. The Morgan fingerprint density at radius 3 is 2.33 bits per heavy atom. The molecule has 1 saturated carbocycles. The van der Waals surface area contributed by atoms with Gasteiger partial charge in [0.2, 0.25) is 0 Å². The Balaban J connectivity index is 1.33. The number of allylic oxidation sites excluding steroid dienone is 2. The number of hydrazine groups is 1. The first-order chi connectivity index (χ1) is 23.0. The van der Waals surface area contributed by atoms with E-state index in [9.17, 15) is 41.8 Å². The Labute approximate surface area is 289 Å². The predicted molar refractivity (Wildman–Crippen MR) is 166 cm³/mol. The van der Waals surface area contributed by atoms with Gasteiger partial charge in [-0.15, -0.1) is 23.2 Å². The lowest BCUT2D eigenvalue weighted by Gasteiger charge is -2.49. The van der Waals surface area contributed by atoms with Gasteiger partial charge in [-0.2, -0.15) is 18.2 Å². The summed E-state index contributed by atoms with van der Waals surface area (Å²) in [6.45, 7) is -0.518. The molecule has 1 aromatic carbocycles. The van der Waals surface area contributed by atoms with Gasteiger partial charge in [-0.05, 0) is 67.3 Å². The number of hydrogen-bond donors (Lipinski definition) is 1. The maximum atomic E-state index is 14.3. The van der Waals surface area contributed by atoms with E-state index in [4.69, 9.17) is 39.2 Å². The number of imide groups is 2. The van der Waals surface area contributed by atoms with Crippen molar-refractivity contribution in [2.24, 2.45) is 17.8 Å². The fraction of sp³-hybridized carbons (Fsp3) is 0.344. The first-order valence-corrected chi connectivity index (χ1v) is 15.9. The number of aromatic nitrogens is 1. The SMILES string of the molecule is CN(c1nc(C(F)(F)F)ccc1Cl)N1C(=O)[C@H]2[C@H](CC=C3[C@H]2C[C@@]2(Cl)C(=O)N(c4ccc(F)cc4)C(=O)[C@@]2(Cl)[C@H]3c2ccc(CO)o2)C1=O. The number of hydrogen-bond acceptors (Lipinski definition) is 8. The lowest BCUT2D eigenvalue weighted by Crippen LogP contribution is -2.60. The van der Waals surface area contributed by atoms with Crippen LogP contribution < -0.4 is 9.91 Å². The fourth-order valence-corrected chi connectivity index (χ4v) is 8.68. The number of carbonyl (C=O) groups is 4. The number of anilines is 2. The standard InChI is InChI=1S/C32H23Cl3F4N4O6/c1-41(25-20(33)9-11-22(40-25)32(37,38)39)43-26(45)18-8-7-17-19(23(18)27(43)46)12-30(34)28(47)42(15-4-2-14(36)3-5-15)29(48)31(30,35)24(17)21-10-6-16(13-44)49-21/h2-7,9-11,18-19,23-24,44H,8,12-13H2,1H3/t18-,19+,23-,24+,30+,31-/m0/s1. The zero-order valence-electron chi connectivity index (χ0n) is 25.0. The third kappa shape index (κ3) is 4.67. The van der Waals surface area contributed by atoms with Crippen LogP contribution in [0.3, 0.4) is 0 Å². The summed E-state index contributed by atoms with van der Waals surface area (Å²) in [7, 11) is 1.17. The number of pyridine rings is 1. The molecule has 1 N–H and O–H groups in total. The van der Waals surface area contributed by atoms with Crippen molar-refractivity contribution in [2.45, 2.75) is 41.3 Å². The molecule has 2 aliphatic heterocycles. The van der Waals surface area contributed by atoms with Gasteiger partial charge in [-0.25, -0.2) is 14.3 Å². The van der Waals surface area contributed by atoms with Crippen molar-refractivity contribution in [3.05, 3.63) is 88.2 Å². The van der Waals surface area contributed by atoms with E-state index in [0.717, 1.165) is 28.1 Å². The molecule has 6 atom stereocenters. The molecule has 2 saturated heterocycles. The molecule has 2 aromatic heterocycles. The van der Waals surface area contributed by atoms with Gasteiger partial charge in [-0.3, -0.25) is 24.2 Å². The number of rotatable bonds is 5. The molecular weight excluding hydrogens is 719 g/mol. The normalized spacial score (nSPS) is 29.6. The molecule has 256 valence electrons. The molecule has 17 heteroatoms. The Kier molecular flexibility index (Phi) is 7.71. The third-order valence-corrected chi connectivity index (χ3v) is 11.4. The second-order valence-electron chi connectivity index (χ2n) is 12.2. The van der Waals surface area contributed by atoms with E-state index in [1.165, 1.54) is 31.3 Å². The van der Waals surface area contributed by atoms with Crippen molar-refractivity contribution >= 4 is 69.9 Å². The molecule has 0 spiro atoms. The molecular formula is C32H23Cl3F4N4O6. The van der Waals surface area contributed by atoms with E-state index in [-0.39, 0.29) is 28.7 Å². The number of fused-ring (bicyclic) bond motifs is 4. The van der Waals surface area contributed by atoms with Crippen molar-refractivity contribution in [2.75, 3.05) is 17.0 Å². The van der Waals surface area contributed by atoms with E-state index in [1.54, 1.807) is 6.08 Å². The number of nitrogens with zero attached hydrogens (tertiary/aromatic N) is 4. The molecule has 0 radical (unpaired) electrons. The lowest BCUT2D eigenvalue weighted by molar-refractivity contribution is -0.141. The topological polar surface area (TPSA) is 124 Å². The van der Waals surface area contributed by atoms with Crippen molar-refractivity contribution < 1.29 is 46.3 Å². The van der Waals surface area contributed by atoms with Crippen LogP contribution in [0, 0.1) is 23.6 Å². The van der Waals surface area contributed by atoms with E-state index < -0.39 is 93.6 Å². The smallest absolute Gasteiger partial charge is 0.433 e. The minimum atomic E-state index is -4.85. The average Bonchev–Trinajstić information content (AvgIpc) is 3.67. The highest BCUT2D eigenvalue weighted by atomic mass is 35.5. The Bertz CT molecular complexity index is 1970. The molecule has 10 nitrogen and oxygen atoms in total. The Morgan fingerprint density at radius 1 is 1.00 bits per heavy atom. The number of furan rings is 1.